The highest BCUT2D eigenvalue weighted by Gasteiger charge is 2.20. The molecular formula is C21H27N3O4S. The van der Waals surface area contributed by atoms with E-state index in [9.17, 15) is 13.2 Å². The van der Waals surface area contributed by atoms with Gasteiger partial charge in [-0.25, -0.2) is 8.42 Å². The largest absolute Gasteiger partial charge is 0.491 e. The minimum absolute atomic E-state index is 0.0323. The van der Waals surface area contributed by atoms with E-state index < -0.39 is 21.7 Å². The van der Waals surface area contributed by atoms with Gasteiger partial charge in [-0.1, -0.05) is 6.07 Å². The van der Waals surface area contributed by atoms with Gasteiger partial charge in [-0.3, -0.25) is 9.52 Å². The molecule has 0 atom stereocenters. The summed E-state index contributed by atoms with van der Waals surface area (Å²) in [6, 6.07) is 12.3. The maximum Gasteiger partial charge on any atom is 0.241 e. The van der Waals surface area contributed by atoms with Gasteiger partial charge in [0.05, 0.1) is 6.10 Å². The first kappa shape index (κ1) is 21.0. The van der Waals surface area contributed by atoms with Crippen LogP contribution >= 0.6 is 0 Å². The van der Waals surface area contributed by atoms with Gasteiger partial charge in [0.25, 0.3) is 0 Å². The van der Waals surface area contributed by atoms with E-state index in [1.807, 2.05) is 32.0 Å². The summed E-state index contributed by atoms with van der Waals surface area (Å²) in [5.41, 5.74) is 3.31. The summed E-state index contributed by atoms with van der Waals surface area (Å²) in [4.78, 5) is 14.5. The molecule has 2 aromatic rings. The molecule has 1 heterocycles. The molecular weight excluding hydrogens is 390 g/mol. The minimum atomic E-state index is -3.83. The number of rotatable bonds is 8. The van der Waals surface area contributed by atoms with Crippen LogP contribution in [0.2, 0.25) is 0 Å². The number of carbonyl (C=O) groups excluding carboxylic acids is 1. The first-order chi connectivity index (χ1) is 13.8. The fourth-order valence-corrected chi connectivity index (χ4v) is 4.30. The Kier molecular flexibility index (Phi) is 6.32. The average molecular weight is 418 g/mol. The van der Waals surface area contributed by atoms with Crippen LogP contribution in [-0.4, -0.2) is 39.3 Å². The molecule has 0 bridgehead atoms. The van der Waals surface area contributed by atoms with Crippen LogP contribution in [-0.2, 0) is 21.2 Å². The molecule has 7 nitrogen and oxygen atoms in total. The van der Waals surface area contributed by atoms with E-state index in [-0.39, 0.29) is 6.10 Å². The lowest BCUT2D eigenvalue weighted by atomic mass is 10.1. The smallest absolute Gasteiger partial charge is 0.241 e. The Morgan fingerprint density at radius 2 is 1.83 bits per heavy atom. The van der Waals surface area contributed by atoms with E-state index in [0.717, 1.165) is 25.2 Å². The summed E-state index contributed by atoms with van der Waals surface area (Å²) in [5, 5.41) is 2.68. The summed E-state index contributed by atoms with van der Waals surface area (Å²) >= 11 is 0. The summed E-state index contributed by atoms with van der Waals surface area (Å²) < 4.78 is 32.6. The first-order valence-electron chi connectivity index (χ1n) is 9.70. The predicted octanol–water partition coefficient (Wildman–Crippen LogP) is 3.24. The highest BCUT2D eigenvalue weighted by molar-refractivity contribution is 7.93. The molecule has 0 aliphatic carbocycles. The fraction of sp³-hybridized carbons (Fsp3) is 0.381. The van der Waals surface area contributed by atoms with E-state index >= 15 is 0 Å². The second-order valence-corrected chi connectivity index (χ2v) is 9.00. The molecule has 3 rings (SSSR count). The molecule has 2 aromatic carbocycles. The Morgan fingerprint density at radius 3 is 2.48 bits per heavy atom. The van der Waals surface area contributed by atoms with Crippen LogP contribution < -0.4 is 19.7 Å². The summed E-state index contributed by atoms with van der Waals surface area (Å²) in [5.74, 6) is -0.595. The molecule has 156 valence electrons. The highest BCUT2D eigenvalue weighted by Crippen LogP contribution is 2.30. The predicted molar refractivity (Wildman–Crippen MR) is 116 cm³/mol. The number of likely N-dealkylation sites (N-methyl/N-ethyl adjacent to an activating group) is 1. The number of hydrogen-bond donors (Lipinski definition) is 2. The third-order valence-corrected chi connectivity index (χ3v) is 5.75. The van der Waals surface area contributed by atoms with Gasteiger partial charge in [-0.05, 0) is 69.2 Å². The van der Waals surface area contributed by atoms with Crippen LogP contribution in [0.25, 0.3) is 0 Å². The second kappa shape index (κ2) is 8.73. The van der Waals surface area contributed by atoms with Crippen molar-refractivity contribution < 1.29 is 17.9 Å². The average Bonchev–Trinajstić information content (AvgIpc) is 3.04. The fourth-order valence-electron chi connectivity index (χ4n) is 3.31. The monoisotopic (exact) mass is 417 g/mol. The van der Waals surface area contributed by atoms with Crippen molar-refractivity contribution in [2.45, 2.75) is 33.3 Å². The van der Waals surface area contributed by atoms with Gasteiger partial charge in [0.2, 0.25) is 15.9 Å². The molecule has 8 heteroatoms. The number of hydrogen-bond acceptors (Lipinski definition) is 5. The zero-order chi connectivity index (χ0) is 21.0. The Hall–Kier alpha value is -2.74. The zero-order valence-corrected chi connectivity index (χ0v) is 17.8. The maximum absolute atomic E-state index is 12.3. The number of amides is 1. The second-order valence-electron chi connectivity index (χ2n) is 7.27. The van der Waals surface area contributed by atoms with E-state index in [1.54, 1.807) is 24.3 Å². The normalized spacial score (nSPS) is 13.3. The number of fused-ring (bicyclic) bond motifs is 1. The van der Waals surface area contributed by atoms with Gasteiger partial charge in [0.1, 0.15) is 11.5 Å². The maximum atomic E-state index is 12.3. The number of carbonyl (C=O) groups is 1. The molecule has 0 aromatic heterocycles. The Morgan fingerprint density at radius 1 is 1.14 bits per heavy atom. The van der Waals surface area contributed by atoms with Gasteiger partial charge in [-0.2, -0.15) is 0 Å². The quantitative estimate of drug-likeness (QED) is 0.689. The molecule has 0 spiro atoms. The third-order valence-electron chi connectivity index (χ3n) is 4.56. The number of nitrogens with zero attached hydrogens (tertiary/aromatic N) is 1. The van der Waals surface area contributed by atoms with Crippen molar-refractivity contribution in [1.82, 2.24) is 0 Å². The third kappa shape index (κ3) is 5.63. The van der Waals surface area contributed by atoms with Gasteiger partial charge in [0, 0.05) is 30.2 Å². The lowest BCUT2D eigenvalue weighted by Gasteiger charge is -2.17. The molecule has 1 aliphatic rings. The van der Waals surface area contributed by atoms with Crippen LogP contribution in [0.15, 0.2) is 42.5 Å². The van der Waals surface area contributed by atoms with Crippen LogP contribution in [0.5, 0.6) is 5.75 Å². The highest BCUT2D eigenvalue weighted by atomic mass is 32.2. The van der Waals surface area contributed by atoms with Gasteiger partial charge >= 0.3 is 0 Å². The lowest BCUT2D eigenvalue weighted by Crippen LogP contribution is -2.27. The van der Waals surface area contributed by atoms with Crippen LogP contribution in [0.3, 0.4) is 0 Å². The van der Waals surface area contributed by atoms with Crippen LogP contribution in [0, 0.1) is 0 Å². The van der Waals surface area contributed by atoms with Crippen LogP contribution in [0.4, 0.5) is 17.1 Å². The number of sulfonamides is 1. The van der Waals surface area contributed by atoms with Gasteiger partial charge in [0.15, 0.2) is 0 Å². The van der Waals surface area contributed by atoms with Crippen molar-refractivity contribution in [2.75, 3.05) is 33.8 Å². The number of nitrogens with one attached hydrogen (secondary N) is 2. The molecule has 0 radical (unpaired) electrons. The van der Waals surface area contributed by atoms with E-state index in [4.69, 9.17) is 4.74 Å². The molecule has 0 saturated carbocycles. The molecule has 2 N–H and O–H groups in total. The molecule has 29 heavy (non-hydrogen) atoms. The van der Waals surface area contributed by atoms with Crippen molar-refractivity contribution in [2.24, 2.45) is 0 Å². The Balaban J connectivity index is 1.60. The number of benzene rings is 2. The summed E-state index contributed by atoms with van der Waals surface area (Å²) in [6.45, 7) is 7.76. The first-order valence-corrected chi connectivity index (χ1v) is 11.4. The van der Waals surface area contributed by atoms with Crippen molar-refractivity contribution in [3.63, 3.8) is 0 Å². The lowest BCUT2D eigenvalue weighted by molar-refractivity contribution is -0.113. The molecule has 0 fully saturated rings. The molecule has 0 unspecified atom stereocenters. The van der Waals surface area contributed by atoms with E-state index in [0.29, 0.717) is 17.1 Å². The molecule has 1 aliphatic heterocycles. The molecule has 1 amide bonds. The van der Waals surface area contributed by atoms with Crippen molar-refractivity contribution in [1.29, 1.82) is 0 Å². The SMILES string of the molecule is CCN1CCc2ccc(NC(=O)CS(=O)(=O)Nc3ccc(OC(C)C)cc3)cc21. The van der Waals surface area contributed by atoms with E-state index in [1.165, 1.54) is 5.56 Å². The standard InChI is InChI=1S/C21H27N3O4S/c1-4-24-12-11-16-5-6-18(13-20(16)24)22-21(25)14-29(26,27)23-17-7-9-19(10-8-17)28-15(2)3/h5-10,13,15,23H,4,11-12,14H2,1-3H3,(H,22,25). The summed E-state index contributed by atoms with van der Waals surface area (Å²) in [7, 11) is -3.83. The van der Waals surface area contributed by atoms with Gasteiger partial charge < -0.3 is 15.0 Å². The van der Waals surface area contributed by atoms with Crippen molar-refractivity contribution >= 4 is 33.0 Å². The Labute approximate surface area is 172 Å². The van der Waals surface area contributed by atoms with Crippen LogP contribution in [0.1, 0.15) is 26.3 Å². The van der Waals surface area contributed by atoms with Crippen molar-refractivity contribution in [3.05, 3.63) is 48.0 Å². The van der Waals surface area contributed by atoms with Crippen molar-refractivity contribution in [3.8, 4) is 5.75 Å². The molecule has 0 saturated heterocycles. The van der Waals surface area contributed by atoms with E-state index in [2.05, 4.69) is 21.9 Å². The summed E-state index contributed by atoms with van der Waals surface area (Å²) in [6.07, 6.45) is 1.02. The minimum Gasteiger partial charge on any atom is -0.491 e. The zero-order valence-electron chi connectivity index (χ0n) is 16.9. The number of ether oxygens (including phenoxy) is 1. The topological polar surface area (TPSA) is 87.7 Å². The number of anilines is 3. The Bertz CT molecular complexity index is 972. The van der Waals surface area contributed by atoms with Gasteiger partial charge in [-0.15, -0.1) is 0 Å².